The summed E-state index contributed by atoms with van der Waals surface area (Å²) in [5, 5.41) is 0. The van der Waals surface area contributed by atoms with Gasteiger partial charge in [0, 0.05) is 30.8 Å². The Morgan fingerprint density at radius 1 is 1.17 bits per heavy atom. The van der Waals surface area contributed by atoms with Crippen molar-refractivity contribution in [2.75, 3.05) is 18.0 Å². The van der Waals surface area contributed by atoms with Crippen LogP contribution in [0.25, 0.3) is 0 Å². The molecule has 2 nitrogen and oxygen atoms in total. The fraction of sp³-hybridized carbons (Fsp3) is 0.562. The molecule has 0 aromatic heterocycles. The number of rotatable bonds is 4. The molecule has 0 saturated carbocycles. The van der Waals surface area contributed by atoms with E-state index < -0.39 is 0 Å². The molecule has 0 bridgehead atoms. The van der Waals surface area contributed by atoms with Gasteiger partial charge in [-0.05, 0) is 37.3 Å². The lowest BCUT2D eigenvalue weighted by Crippen LogP contribution is -2.30. The molecule has 0 radical (unpaired) electrons. The highest BCUT2D eigenvalue weighted by Crippen LogP contribution is 2.25. The summed E-state index contributed by atoms with van der Waals surface area (Å²) in [5.41, 5.74) is 2.05. The van der Waals surface area contributed by atoms with Crippen LogP contribution in [-0.2, 0) is 0 Å². The first-order chi connectivity index (χ1) is 8.68. The molecule has 0 unspecified atom stereocenters. The van der Waals surface area contributed by atoms with Gasteiger partial charge in [-0.15, -0.1) is 0 Å². The van der Waals surface area contributed by atoms with Crippen LogP contribution in [0.2, 0.25) is 0 Å². The minimum absolute atomic E-state index is 0.283. The summed E-state index contributed by atoms with van der Waals surface area (Å²) in [6.07, 6.45) is 4.45. The third kappa shape index (κ3) is 3.12. The Morgan fingerprint density at radius 2 is 1.83 bits per heavy atom. The first kappa shape index (κ1) is 13.1. The quantitative estimate of drug-likeness (QED) is 0.750. The van der Waals surface area contributed by atoms with Gasteiger partial charge < -0.3 is 4.90 Å². The lowest BCUT2D eigenvalue weighted by Gasteiger charge is -2.30. The van der Waals surface area contributed by atoms with Gasteiger partial charge in [0.2, 0.25) is 0 Å². The van der Waals surface area contributed by atoms with Crippen LogP contribution in [0.4, 0.5) is 5.69 Å². The molecule has 0 N–H and O–H groups in total. The fourth-order valence-corrected chi connectivity index (χ4v) is 2.60. The molecule has 2 heteroatoms. The Bertz CT molecular complexity index is 405. The average Bonchev–Trinajstić information content (AvgIpc) is 2.39. The lowest BCUT2D eigenvalue weighted by atomic mass is 9.98. The molecule has 98 valence electrons. The van der Waals surface area contributed by atoms with Gasteiger partial charge >= 0.3 is 0 Å². The zero-order chi connectivity index (χ0) is 13.0. The fourth-order valence-electron chi connectivity index (χ4n) is 2.60. The number of para-hydroxylation sites is 1. The number of Topliss-reactive ketones (excluding diaryl/α,β-unsaturated/α-hetero) is 1. The Kier molecular flexibility index (Phi) is 4.40. The van der Waals surface area contributed by atoms with Crippen LogP contribution >= 0.6 is 0 Å². The van der Waals surface area contributed by atoms with Crippen molar-refractivity contribution in [2.45, 2.75) is 39.5 Å². The van der Waals surface area contributed by atoms with Crippen LogP contribution < -0.4 is 4.90 Å². The number of benzene rings is 1. The van der Waals surface area contributed by atoms with E-state index in [1.807, 2.05) is 18.2 Å². The molecule has 18 heavy (non-hydrogen) atoms. The van der Waals surface area contributed by atoms with Crippen molar-refractivity contribution >= 4 is 11.5 Å². The van der Waals surface area contributed by atoms with Gasteiger partial charge in [-0.1, -0.05) is 26.0 Å². The molecule has 1 heterocycles. The predicted octanol–water partition coefficient (Wildman–Crippen LogP) is 3.91. The highest BCUT2D eigenvalue weighted by Gasteiger charge is 2.18. The second-order valence-corrected chi connectivity index (χ2v) is 5.59. The maximum Gasteiger partial charge on any atom is 0.165 e. The van der Waals surface area contributed by atoms with Gasteiger partial charge in [0.15, 0.2) is 5.78 Å². The van der Waals surface area contributed by atoms with Gasteiger partial charge in [0.25, 0.3) is 0 Å². The first-order valence-electron chi connectivity index (χ1n) is 7.05. The van der Waals surface area contributed by atoms with Crippen molar-refractivity contribution in [3.63, 3.8) is 0 Å². The highest BCUT2D eigenvalue weighted by atomic mass is 16.1. The van der Waals surface area contributed by atoms with Crippen molar-refractivity contribution in [3.8, 4) is 0 Å². The van der Waals surface area contributed by atoms with Gasteiger partial charge in [0.1, 0.15) is 0 Å². The number of nitrogens with zero attached hydrogens (tertiary/aromatic N) is 1. The normalized spacial score (nSPS) is 16.1. The monoisotopic (exact) mass is 245 g/mol. The van der Waals surface area contributed by atoms with Crippen LogP contribution in [0, 0.1) is 5.92 Å². The summed E-state index contributed by atoms with van der Waals surface area (Å²) in [6, 6.07) is 8.09. The molecule has 0 amide bonds. The van der Waals surface area contributed by atoms with Gasteiger partial charge in [0.05, 0.1) is 0 Å². The predicted molar refractivity (Wildman–Crippen MR) is 76.3 cm³/mol. The Balaban J connectivity index is 2.21. The standard InChI is InChI=1S/C16H23NO/c1-13(2)12-16(18)14-8-4-5-9-15(14)17-10-6-3-7-11-17/h4-5,8-9,13H,3,6-7,10-12H2,1-2H3. The summed E-state index contributed by atoms with van der Waals surface area (Å²) < 4.78 is 0. The SMILES string of the molecule is CC(C)CC(=O)c1ccccc1N1CCCCC1. The Morgan fingerprint density at radius 3 is 2.50 bits per heavy atom. The number of hydrogen-bond donors (Lipinski definition) is 0. The zero-order valence-corrected chi connectivity index (χ0v) is 11.5. The second kappa shape index (κ2) is 6.03. The van der Waals surface area contributed by atoms with Gasteiger partial charge in [-0.25, -0.2) is 0 Å². The van der Waals surface area contributed by atoms with Crippen LogP contribution in [-0.4, -0.2) is 18.9 Å². The van der Waals surface area contributed by atoms with Crippen LogP contribution in [0.5, 0.6) is 0 Å². The maximum absolute atomic E-state index is 12.3. The summed E-state index contributed by atoms with van der Waals surface area (Å²) >= 11 is 0. The van der Waals surface area contributed by atoms with E-state index in [1.54, 1.807) is 0 Å². The van der Waals surface area contributed by atoms with E-state index in [4.69, 9.17) is 0 Å². The number of anilines is 1. The molecule has 0 aliphatic carbocycles. The average molecular weight is 245 g/mol. The van der Waals surface area contributed by atoms with E-state index in [1.165, 1.54) is 19.3 Å². The summed E-state index contributed by atoms with van der Waals surface area (Å²) in [7, 11) is 0. The van der Waals surface area contributed by atoms with Crippen molar-refractivity contribution in [3.05, 3.63) is 29.8 Å². The molecule has 1 fully saturated rings. The van der Waals surface area contributed by atoms with E-state index in [9.17, 15) is 4.79 Å². The van der Waals surface area contributed by atoms with Gasteiger partial charge in [-0.3, -0.25) is 4.79 Å². The minimum atomic E-state index is 0.283. The molecule has 1 aliphatic heterocycles. The highest BCUT2D eigenvalue weighted by molar-refractivity contribution is 6.01. The third-order valence-corrected chi connectivity index (χ3v) is 3.49. The molecule has 1 saturated heterocycles. The topological polar surface area (TPSA) is 20.3 Å². The van der Waals surface area contributed by atoms with Crippen molar-refractivity contribution in [1.29, 1.82) is 0 Å². The molecule has 1 aliphatic rings. The Hall–Kier alpha value is -1.31. The first-order valence-corrected chi connectivity index (χ1v) is 7.05. The number of hydrogen-bond acceptors (Lipinski definition) is 2. The van der Waals surface area contributed by atoms with E-state index in [0.29, 0.717) is 12.3 Å². The number of carbonyl (C=O) groups is 1. The van der Waals surface area contributed by atoms with Crippen LogP contribution in [0.1, 0.15) is 49.9 Å². The third-order valence-electron chi connectivity index (χ3n) is 3.49. The number of piperidine rings is 1. The van der Waals surface area contributed by atoms with E-state index >= 15 is 0 Å². The molecule has 0 spiro atoms. The van der Waals surface area contributed by atoms with E-state index in [-0.39, 0.29) is 5.78 Å². The number of ketones is 1. The van der Waals surface area contributed by atoms with Crippen LogP contribution in [0.3, 0.4) is 0 Å². The van der Waals surface area contributed by atoms with E-state index in [0.717, 1.165) is 24.3 Å². The maximum atomic E-state index is 12.3. The lowest BCUT2D eigenvalue weighted by molar-refractivity contribution is 0.0968. The molecular formula is C16H23NO. The second-order valence-electron chi connectivity index (χ2n) is 5.59. The van der Waals surface area contributed by atoms with E-state index in [2.05, 4.69) is 24.8 Å². The molecule has 0 atom stereocenters. The zero-order valence-electron chi connectivity index (χ0n) is 11.5. The number of carbonyl (C=O) groups excluding carboxylic acids is 1. The van der Waals surface area contributed by atoms with Crippen molar-refractivity contribution < 1.29 is 4.79 Å². The van der Waals surface area contributed by atoms with Crippen LogP contribution in [0.15, 0.2) is 24.3 Å². The molecule has 1 aromatic rings. The van der Waals surface area contributed by atoms with Gasteiger partial charge in [-0.2, -0.15) is 0 Å². The molecular weight excluding hydrogens is 222 g/mol. The summed E-state index contributed by atoms with van der Waals surface area (Å²) in [5.74, 6) is 0.707. The smallest absolute Gasteiger partial charge is 0.165 e. The van der Waals surface area contributed by atoms with Crippen molar-refractivity contribution in [1.82, 2.24) is 0 Å². The largest absolute Gasteiger partial charge is 0.371 e. The Labute approximate surface area is 110 Å². The summed E-state index contributed by atoms with van der Waals surface area (Å²) in [4.78, 5) is 14.7. The molecule has 2 rings (SSSR count). The molecule has 1 aromatic carbocycles. The summed E-state index contributed by atoms with van der Waals surface area (Å²) in [6.45, 7) is 6.38. The van der Waals surface area contributed by atoms with Crippen molar-refractivity contribution in [2.24, 2.45) is 5.92 Å². The minimum Gasteiger partial charge on any atom is -0.371 e.